The van der Waals surface area contributed by atoms with Gasteiger partial charge in [-0.2, -0.15) is 0 Å². The first kappa shape index (κ1) is 17.9. The van der Waals surface area contributed by atoms with Crippen molar-refractivity contribution in [2.75, 3.05) is 0 Å². The lowest BCUT2D eigenvalue weighted by molar-refractivity contribution is 0.412. The summed E-state index contributed by atoms with van der Waals surface area (Å²) in [6, 6.07) is 31.5. The molecule has 2 nitrogen and oxygen atoms in total. The number of nitrogens with two attached hydrogens (primary N) is 1. The Morgan fingerprint density at radius 1 is 0.708 bits per heavy atom. The molecule has 0 aliphatic rings. The molecule has 0 aliphatic heterocycles. The van der Waals surface area contributed by atoms with E-state index in [1.807, 2.05) is 12.1 Å². The van der Waals surface area contributed by atoms with Crippen LogP contribution in [0.2, 0.25) is 0 Å². The first-order valence-corrected chi connectivity index (χ1v) is 8.21. The van der Waals surface area contributed by atoms with Crippen molar-refractivity contribution in [2.45, 2.75) is 24.8 Å². The minimum Gasteiger partial charge on any atom is -0.412 e. The van der Waals surface area contributed by atoms with Crippen LogP contribution in [0.4, 0.5) is 0 Å². The van der Waals surface area contributed by atoms with Gasteiger partial charge in [0.25, 0.3) is 0 Å². The fourth-order valence-electron chi connectivity index (χ4n) is 3.50. The van der Waals surface area contributed by atoms with Crippen molar-refractivity contribution in [3.63, 3.8) is 0 Å². The molecule has 124 valence electrons. The smallest absolute Gasteiger partial charge is 0.0735 e. The SMILES string of the molecule is CCC(c1ccccc1)C(N)(c1ccccc1)c1ccccc1.O. The average molecular weight is 319 g/mol. The summed E-state index contributed by atoms with van der Waals surface area (Å²) in [5, 5.41) is 0. The van der Waals surface area contributed by atoms with Crippen LogP contribution in [-0.2, 0) is 5.54 Å². The molecule has 0 aliphatic carbocycles. The molecule has 1 atom stereocenters. The van der Waals surface area contributed by atoms with Crippen molar-refractivity contribution < 1.29 is 5.48 Å². The van der Waals surface area contributed by atoms with Crippen LogP contribution in [0.5, 0.6) is 0 Å². The van der Waals surface area contributed by atoms with Crippen molar-refractivity contribution >= 4 is 0 Å². The minimum atomic E-state index is -0.543. The molecule has 4 N–H and O–H groups in total. The Labute approximate surface area is 144 Å². The number of rotatable bonds is 5. The maximum Gasteiger partial charge on any atom is 0.0735 e. The lowest BCUT2D eigenvalue weighted by Gasteiger charge is -2.39. The molecule has 0 radical (unpaired) electrons. The Morgan fingerprint density at radius 3 is 1.46 bits per heavy atom. The molecular formula is C22H25NO. The van der Waals surface area contributed by atoms with E-state index in [1.165, 1.54) is 5.56 Å². The van der Waals surface area contributed by atoms with Crippen molar-refractivity contribution in [3.05, 3.63) is 108 Å². The summed E-state index contributed by atoms with van der Waals surface area (Å²) in [5.74, 6) is 0.216. The predicted octanol–water partition coefficient (Wildman–Crippen LogP) is 4.26. The molecule has 24 heavy (non-hydrogen) atoms. The van der Waals surface area contributed by atoms with Crippen LogP contribution >= 0.6 is 0 Å². The van der Waals surface area contributed by atoms with Gasteiger partial charge in [0.05, 0.1) is 5.54 Å². The molecule has 0 amide bonds. The fourth-order valence-corrected chi connectivity index (χ4v) is 3.50. The van der Waals surface area contributed by atoms with Crippen molar-refractivity contribution in [1.29, 1.82) is 0 Å². The quantitative estimate of drug-likeness (QED) is 0.750. The zero-order valence-corrected chi connectivity index (χ0v) is 14.0. The highest BCUT2D eigenvalue weighted by molar-refractivity contribution is 5.43. The summed E-state index contributed by atoms with van der Waals surface area (Å²) in [6.45, 7) is 2.21. The van der Waals surface area contributed by atoms with E-state index in [9.17, 15) is 0 Å². The maximum atomic E-state index is 7.13. The molecule has 3 aromatic carbocycles. The summed E-state index contributed by atoms with van der Waals surface area (Å²) < 4.78 is 0. The van der Waals surface area contributed by atoms with Crippen LogP contribution in [0.3, 0.4) is 0 Å². The molecule has 1 unspecified atom stereocenters. The van der Waals surface area contributed by atoms with Gasteiger partial charge in [0.15, 0.2) is 0 Å². The normalized spacial score (nSPS) is 12.2. The first-order chi connectivity index (χ1) is 11.3. The third kappa shape index (κ3) is 3.25. The van der Waals surface area contributed by atoms with Gasteiger partial charge in [-0.15, -0.1) is 0 Å². The molecule has 0 aromatic heterocycles. The standard InChI is InChI=1S/C22H23N.H2O/c1-2-21(18-12-6-3-7-13-18)22(23,19-14-8-4-9-15-19)20-16-10-5-11-17-20;/h3-17,21H,2,23H2,1H3;1H2. The van der Waals surface area contributed by atoms with Crippen LogP contribution < -0.4 is 5.73 Å². The second-order valence-electron chi connectivity index (χ2n) is 5.97. The fraction of sp³-hybridized carbons (Fsp3) is 0.182. The zero-order chi connectivity index (χ0) is 16.1. The van der Waals surface area contributed by atoms with E-state index < -0.39 is 5.54 Å². The Hall–Kier alpha value is -2.42. The molecule has 0 fully saturated rings. The Balaban J connectivity index is 0.00000208. The largest absolute Gasteiger partial charge is 0.412 e. The average Bonchev–Trinajstić information content (AvgIpc) is 2.64. The topological polar surface area (TPSA) is 57.5 Å². The Kier molecular flexibility index (Phi) is 5.91. The summed E-state index contributed by atoms with van der Waals surface area (Å²) in [5.41, 5.74) is 10.2. The van der Waals surface area contributed by atoms with E-state index in [0.717, 1.165) is 17.5 Å². The number of hydrogen-bond donors (Lipinski definition) is 1. The summed E-state index contributed by atoms with van der Waals surface area (Å²) in [7, 11) is 0. The van der Waals surface area contributed by atoms with Crippen LogP contribution in [0.15, 0.2) is 91.0 Å². The van der Waals surface area contributed by atoms with Crippen molar-refractivity contribution in [2.24, 2.45) is 5.73 Å². The molecule has 3 aromatic rings. The van der Waals surface area contributed by atoms with E-state index in [4.69, 9.17) is 5.73 Å². The highest BCUT2D eigenvalue weighted by Gasteiger charge is 2.38. The van der Waals surface area contributed by atoms with Crippen molar-refractivity contribution in [3.8, 4) is 0 Å². The van der Waals surface area contributed by atoms with Gasteiger partial charge in [-0.1, -0.05) is 97.9 Å². The van der Waals surface area contributed by atoms with Crippen LogP contribution in [0.25, 0.3) is 0 Å². The van der Waals surface area contributed by atoms with E-state index in [1.54, 1.807) is 0 Å². The number of benzene rings is 3. The van der Waals surface area contributed by atoms with E-state index >= 15 is 0 Å². The zero-order valence-electron chi connectivity index (χ0n) is 14.0. The molecule has 3 rings (SSSR count). The Bertz CT molecular complexity index is 686. The van der Waals surface area contributed by atoms with E-state index in [2.05, 4.69) is 85.8 Å². The number of hydrogen-bond acceptors (Lipinski definition) is 1. The van der Waals surface area contributed by atoms with Crippen LogP contribution in [0, 0.1) is 0 Å². The lowest BCUT2D eigenvalue weighted by atomic mass is 9.70. The molecule has 0 saturated heterocycles. The highest BCUT2D eigenvalue weighted by atomic mass is 16.0. The Morgan fingerprint density at radius 2 is 1.08 bits per heavy atom. The molecule has 0 saturated carbocycles. The lowest BCUT2D eigenvalue weighted by Crippen LogP contribution is -2.43. The van der Waals surface area contributed by atoms with Gasteiger partial charge in [-0.25, -0.2) is 0 Å². The summed E-state index contributed by atoms with van der Waals surface area (Å²) in [6.07, 6.45) is 0.976. The molecule has 0 heterocycles. The van der Waals surface area contributed by atoms with E-state index in [0.29, 0.717) is 0 Å². The molecular weight excluding hydrogens is 294 g/mol. The highest BCUT2D eigenvalue weighted by Crippen LogP contribution is 2.42. The molecule has 0 bridgehead atoms. The monoisotopic (exact) mass is 319 g/mol. The van der Waals surface area contributed by atoms with Crippen molar-refractivity contribution in [1.82, 2.24) is 0 Å². The van der Waals surface area contributed by atoms with Crippen LogP contribution in [-0.4, -0.2) is 5.48 Å². The summed E-state index contributed by atoms with van der Waals surface area (Å²) >= 11 is 0. The van der Waals surface area contributed by atoms with Gasteiger partial charge in [-0.3, -0.25) is 0 Å². The van der Waals surface area contributed by atoms with E-state index in [-0.39, 0.29) is 11.4 Å². The second kappa shape index (κ2) is 7.91. The maximum absolute atomic E-state index is 7.13. The van der Waals surface area contributed by atoms with Crippen LogP contribution in [0.1, 0.15) is 36.0 Å². The van der Waals surface area contributed by atoms with Gasteiger partial charge in [-0.05, 0) is 23.1 Å². The molecule has 0 spiro atoms. The van der Waals surface area contributed by atoms with Gasteiger partial charge in [0.1, 0.15) is 0 Å². The minimum absolute atomic E-state index is 0. The van der Waals surface area contributed by atoms with Gasteiger partial charge >= 0.3 is 0 Å². The predicted molar refractivity (Wildman–Crippen MR) is 101 cm³/mol. The van der Waals surface area contributed by atoms with Gasteiger partial charge in [0, 0.05) is 5.92 Å². The third-order valence-electron chi connectivity index (χ3n) is 4.66. The van der Waals surface area contributed by atoms with Gasteiger partial charge < -0.3 is 11.2 Å². The molecule has 2 heteroatoms. The first-order valence-electron chi connectivity index (χ1n) is 8.21. The third-order valence-corrected chi connectivity index (χ3v) is 4.66. The second-order valence-corrected chi connectivity index (χ2v) is 5.97. The van der Waals surface area contributed by atoms with Gasteiger partial charge in [0.2, 0.25) is 0 Å². The summed E-state index contributed by atoms with van der Waals surface area (Å²) in [4.78, 5) is 0.